The van der Waals surface area contributed by atoms with E-state index >= 15 is 0 Å². The molecule has 32 heavy (non-hydrogen) atoms. The molecular weight excluding hydrogens is 410 g/mol. The van der Waals surface area contributed by atoms with Gasteiger partial charge in [0.15, 0.2) is 11.6 Å². The number of anilines is 1. The summed E-state index contributed by atoms with van der Waals surface area (Å²) >= 11 is 0. The second kappa shape index (κ2) is 8.54. The molecule has 0 saturated carbocycles. The van der Waals surface area contributed by atoms with Crippen molar-refractivity contribution < 1.29 is 13.5 Å². The third kappa shape index (κ3) is 3.86. The van der Waals surface area contributed by atoms with Crippen LogP contribution in [0.4, 0.5) is 14.5 Å². The minimum atomic E-state index is -0.585. The fourth-order valence-corrected chi connectivity index (χ4v) is 4.73. The largest absolute Gasteiger partial charge is 0.453 e. The molecular formula is C25H28F2N4O. The zero-order valence-electron chi connectivity index (χ0n) is 18.4. The molecule has 7 heteroatoms. The average molecular weight is 439 g/mol. The molecule has 1 unspecified atom stereocenters. The summed E-state index contributed by atoms with van der Waals surface area (Å²) in [5.74, 6) is -0.641. The maximum absolute atomic E-state index is 14.5. The molecule has 168 valence electrons. The first kappa shape index (κ1) is 20.9. The number of fused-ring (bicyclic) bond motifs is 1. The topological polar surface area (TPSA) is 42.3 Å². The zero-order valence-corrected chi connectivity index (χ0v) is 18.4. The van der Waals surface area contributed by atoms with E-state index in [1.165, 1.54) is 0 Å². The molecule has 0 radical (unpaired) electrons. The monoisotopic (exact) mass is 438 g/mol. The highest BCUT2D eigenvalue weighted by Gasteiger charge is 2.27. The van der Waals surface area contributed by atoms with E-state index in [0.29, 0.717) is 17.8 Å². The maximum Gasteiger partial charge on any atom is 0.166 e. The SMILES string of the molecule is CC1CCc2c(ccc(-c3cnn(C4CCNCC4)c3)c2Oc2cc(F)ccc2F)N1C. The summed E-state index contributed by atoms with van der Waals surface area (Å²) in [6, 6.07) is 8.16. The van der Waals surface area contributed by atoms with Crippen molar-refractivity contribution in [2.24, 2.45) is 0 Å². The standard InChI is InChI=1S/C25H28F2N4O/c1-16-3-5-21-23(30(16)2)8-6-20(25(21)32-24-13-18(26)4-7-22(24)27)17-14-29-31(15-17)19-9-11-28-12-10-19/h4,6-8,13-16,19,28H,3,5,9-12H2,1-2H3. The van der Waals surface area contributed by atoms with E-state index in [1.807, 2.05) is 23.1 Å². The minimum absolute atomic E-state index is 0.105. The summed E-state index contributed by atoms with van der Waals surface area (Å²) in [6.07, 6.45) is 7.72. The second-order valence-corrected chi connectivity index (χ2v) is 8.81. The Morgan fingerprint density at radius 1 is 1.09 bits per heavy atom. The van der Waals surface area contributed by atoms with Crippen molar-refractivity contribution in [1.82, 2.24) is 15.1 Å². The van der Waals surface area contributed by atoms with Crippen LogP contribution >= 0.6 is 0 Å². The summed E-state index contributed by atoms with van der Waals surface area (Å²) in [5.41, 5.74) is 3.83. The number of hydrogen-bond acceptors (Lipinski definition) is 4. The Hall–Kier alpha value is -2.93. The van der Waals surface area contributed by atoms with Gasteiger partial charge in [-0.3, -0.25) is 4.68 Å². The van der Waals surface area contributed by atoms with Gasteiger partial charge in [-0.1, -0.05) is 0 Å². The van der Waals surface area contributed by atoms with Crippen molar-refractivity contribution in [1.29, 1.82) is 0 Å². The van der Waals surface area contributed by atoms with Crippen molar-refractivity contribution in [3.63, 3.8) is 0 Å². The van der Waals surface area contributed by atoms with Gasteiger partial charge in [-0.05, 0) is 70.0 Å². The van der Waals surface area contributed by atoms with Gasteiger partial charge in [0.2, 0.25) is 0 Å². The fraction of sp³-hybridized carbons (Fsp3) is 0.400. The number of aromatic nitrogens is 2. The van der Waals surface area contributed by atoms with Crippen LogP contribution in [-0.2, 0) is 6.42 Å². The molecule has 2 aliphatic rings. The van der Waals surface area contributed by atoms with Crippen molar-refractivity contribution in [2.75, 3.05) is 25.0 Å². The molecule has 3 heterocycles. The molecule has 1 N–H and O–H groups in total. The number of benzene rings is 2. The van der Waals surface area contributed by atoms with Crippen molar-refractivity contribution in [2.45, 2.75) is 44.7 Å². The van der Waals surface area contributed by atoms with Gasteiger partial charge >= 0.3 is 0 Å². The van der Waals surface area contributed by atoms with Crippen LogP contribution in [0.3, 0.4) is 0 Å². The van der Waals surface area contributed by atoms with E-state index in [1.54, 1.807) is 0 Å². The summed E-state index contributed by atoms with van der Waals surface area (Å²) in [7, 11) is 2.06. The highest BCUT2D eigenvalue weighted by molar-refractivity contribution is 5.78. The lowest BCUT2D eigenvalue weighted by atomic mass is 9.92. The Morgan fingerprint density at radius 2 is 1.91 bits per heavy atom. The molecule has 0 bridgehead atoms. The average Bonchev–Trinajstić information content (AvgIpc) is 3.29. The van der Waals surface area contributed by atoms with Gasteiger partial charge in [-0.2, -0.15) is 5.10 Å². The fourth-order valence-electron chi connectivity index (χ4n) is 4.73. The molecule has 0 amide bonds. The minimum Gasteiger partial charge on any atom is -0.453 e. The quantitative estimate of drug-likeness (QED) is 0.599. The molecule has 3 aromatic rings. The van der Waals surface area contributed by atoms with Crippen LogP contribution in [0.15, 0.2) is 42.7 Å². The van der Waals surface area contributed by atoms with Crippen LogP contribution in [-0.4, -0.2) is 36.0 Å². The highest BCUT2D eigenvalue weighted by atomic mass is 19.1. The second-order valence-electron chi connectivity index (χ2n) is 8.81. The third-order valence-electron chi connectivity index (χ3n) is 6.79. The summed E-state index contributed by atoms with van der Waals surface area (Å²) < 4.78 is 36.5. The Kier molecular flexibility index (Phi) is 5.59. The van der Waals surface area contributed by atoms with Crippen LogP contribution in [0, 0.1) is 11.6 Å². The number of nitrogens with one attached hydrogen (secondary N) is 1. The van der Waals surface area contributed by atoms with Gasteiger partial charge in [0.25, 0.3) is 0 Å². The van der Waals surface area contributed by atoms with Crippen LogP contribution < -0.4 is 15.0 Å². The molecule has 1 saturated heterocycles. The van der Waals surface area contributed by atoms with Crippen LogP contribution in [0.25, 0.3) is 11.1 Å². The number of nitrogens with zero attached hydrogens (tertiary/aromatic N) is 3. The Bertz CT molecular complexity index is 1120. The Balaban J connectivity index is 1.59. The summed E-state index contributed by atoms with van der Waals surface area (Å²) in [4.78, 5) is 2.22. The molecule has 2 aromatic carbocycles. The molecule has 5 nitrogen and oxygen atoms in total. The normalized spacial score (nSPS) is 19.1. The van der Waals surface area contributed by atoms with Crippen molar-refractivity contribution >= 4 is 5.69 Å². The molecule has 1 atom stereocenters. The number of halogens is 2. The van der Waals surface area contributed by atoms with Gasteiger partial charge in [0.05, 0.1) is 12.2 Å². The van der Waals surface area contributed by atoms with E-state index in [-0.39, 0.29) is 5.75 Å². The first-order chi connectivity index (χ1) is 15.5. The molecule has 0 spiro atoms. The maximum atomic E-state index is 14.5. The number of ether oxygens (including phenoxy) is 1. The summed E-state index contributed by atoms with van der Waals surface area (Å²) in [5, 5.41) is 8.00. The van der Waals surface area contributed by atoms with E-state index in [9.17, 15) is 8.78 Å². The van der Waals surface area contributed by atoms with Crippen LogP contribution in [0.5, 0.6) is 11.5 Å². The molecule has 1 fully saturated rings. The van der Waals surface area contributed by atoms with E-state index in [0.717, 1.165) is 79.3 Å². The smallest absolute Gasteiger partial charge is 0.166 e. The number of piperidine rings is 1. The molecule has 1 aromatic heterocycles. The van der Waals surface area contributed by atoms with Gasteiger partial charge in [0.1, 0.15) is 11.6 Å². The third-order valence-corrected chi connectivity index (χ3v) is 6.79. The summed E-state index contributed by atoms with van der Waals surface area (Å²) in [6.45, 7) is 4.15. The van der Waals surface area contributed by atoms with Gasteiger partial charge in [-0.25, -0.2) is 8.78 Å². The van der Waals surface area contributed by atoms with E-state index < -0.39 is 11.6 Å². The van der Waals surface area contributed by atoms with Gasteiger partial charge < -0.3 is 15.0 Å². The predicted octanol–water partition coefficient (Wildman–Crippen LogP) is 5.32. The van der Waals surface area contributed by atoms with E-state index in [2.05, 4.69) is 35.4 Å². The van der Waals surface area contributed by atoms with Gasteiger partial charge in [0, 0.05) is 47.7 Å². The van der Waals surface area contributed by atoms with Crippen LogP contribution in [0.2, 0.25) is 0 Å². The number of rotatable bonds is 4. The zero-order chi connectivity index (χ0) is 22.2. The molecule has 5 rings (SSSR count). The van der Waals surface area contributed by atoms with Crippen LogP contribution in [0.1, 0.15) is 37.8 Å². The lowest BCUT2D eigenvalue weighted by molar-refractivity contribution is 0.343. The van der Waals surface area contributed by atoms with Crippen molar-refractivity contribution in [3.8, 4) is 22.6 Å². The lowest BCUT2D eigenvalue weighted by Crippen LogP contribution is -2.33. The molecule has 2 aliphatic heterocycles. The lowest BCUT2D eigenvalue weighted by Gasteiger charge is -2.35. The van der Waals surface area contributed by atoms with E-state index in [4.69, 9.17) is 4.74 Å². The number of hydrogen-bond donors (Lipinski definition) is 1. The Labute approximate surface area is 187 Å². The molecule has 0 aliphatic carbocycles. The first-order valence-corrected chi connectivity index (χ1v) is 11.3. The Morgan fingerprint density at radius 3 is 2.72 bits per heavy atom. The predicted molar refractivity (Wildman–Crippen MR) is 121 cm³/mol. The van der Waals surface area contributed by atoms with Gasteiger partial charge in [-0.15, -0.1) is 0 Å². The first-order valence-electron chi connectivity index (χ1n) is 11.3. The van der Waals surface area contributed by atoms with Crippen molar-refractivity contribution in [3.05, 3.63) is 59.9 Å². The highest BCUT2D eigenvalue weighted by Crippen LogP contribution is 2.44.